The van der Waals surface area contributed by atoms with Crippen molar-refractivity contribution in [3.63, 3.8) is 0 Å². The first-order valence-electron chi connectivity index (χ1n) is 9.84. The Bertz CT molecular complexity index is 860. The average molecular weight is 404 g/mol. The molecule has 0 saturated carbocycles. The minimum absolute atomic E-state index is 0.164. The van der Waals surface area contributed by atoms with Gasteiger partial charge in [-0.3, -0.25) is 0 Å². The molecule has 0 aliphatic carbocycles. The van der Waals surface area contributed by atoms with Crippen molar-refractivity contribution in [1.29, 1.82) is 0 Å². The van der Waals surface area contributed by atoms with Gasteiger partial charge in [-0.2, -0.15) is 0 Å². The molecule has 29 heavy (non-hydrogen) atoms. The predicted octanol–water partition coefficient (Wildman–Crippen LogP) is 5.15. The maximum atomic E-state index is 12.2. The van der Waals surface area contributed by atoms with E-state index in [-0.39, 0.29) is 6.03 Å². The van der Waals surface area contributed by atoms with E-state index in [1.54, 1.807) is 0 Å². The van der Waals surface area contributed by atoms with Gasteiger partial charge in [-0.1, -0.05) is 54.6 Å². The number of rotatable bonds is 6. The van der Waals surface area contributed by atoms with Crippen LogP contribution in [0.15, 0.2) is 91.0 Å². The average Bonchev–Trinajstić information content (AvgIpc) is 3.19. The van der Waals surface area contributed by atoms with Crippen LogP contribution in [0.2, 0.25) is 0 Å². The molecule has 4 rings (SSSR count). The molecule has 1 aliphatic heterocycles. The molecule has 1 fully saturated rings. The summed E-state index contributed by atoms with van der Waals surface area (Å²) in [5.74, 6) is 0. The molecule has 1 aliphatic rings. The Morgan fingerprint density at radius 3 is 1.76 bits per heavy atom. The van der Waals surface area contributed by atoms with Crippen LogP contribution in [0, 0.1) is 0 Å². The number of urea groups is 1. The van der Waals surface area contributed by atoms with Crippen LogP contribution in [-0.4, -0.2) is 31.8 Å². The second-order valence-electron chi connectivity index (χ2n) is 6.76. The third-order valence-electron chi connectivity index (χ3n) is 4.82. The molecule has 0 atom stereocenters. The van der Waals surface area contributed by atoms with E-state index in [0.717, 1.165) is 24.9 Å². The highest BCUT2D eigenvalue weighted by Gasteiger charge is 2.32. The highest BCUT2D eigenvalue weighted by atomic mass is 31.1. The van der Waals surface area contributed by atoms with Crippen molar-refractivity contribution in [2.75, 3.05) is 40.5 Å². The predicted molar refractivity (Wildman–Crippen MR) is 123 cm³/mol. The first-order chi connectivity index (χ1) is 14.3. The molecule has 2 N–H and O–H groups in total. The van der Waals surface area contributed by atoms with Gasteiger partial charge in [0.1, 0.15) is 0 Å². The maximum absolute atomic E-state index is 12.2. The molecule has 5 nitrogen and oxygen atoms in total. The van der Waals surface area contributed by atoms with Gasteiger partial charge in [0.2, 0.25) is 0 Å². The zero-order valence-electron chi connectivity index (χ0n) is 16.2. The third kappa shape index (κ3) is 4.87. The number of nitrogens with zero attached hydrogens (tertiary/aromatic N) is 2. The number of carbonyl (C=O) groups is 1. The smallest absolute Gasteiger partial charge is 0.319 e. The number of carbonyl (C=O) groups excluding carboxylic acids is 1. The summed E-state index contributed by atoms with van der Waals surface area (Å²) in [6.07, 6.45) is 0.890. The Hall–Kier alpha value is -3.04. The van der Waals surface area contributed by atoms with Crippen molar-refractivity contribution in [1.82, 2.24) is 5.32 Å². The van der Waals surface area contributed by atoms with Crippen molar-refractivity contribution in [3.05, 3.63) is 91.0 Å². The Morgan fingerprint density at radius 2 is 1.24 bits per heavy atom. The fraction of sp³-hybridized carbons (Fsp3) is 0.174. The summed E-state index contributed by atoms with van der Waals surface area (Å²) >= 11 is 0. The Morgan fingerprint density at radius 1 is 0.759 bits per heavy atom. The van der Waals surface area contributed by atoms with Crippen molar-refractivity contribution in [2.45, 2.75) is 0 Å². The van der Waals surface area contributed by atoms with Gasteiger partial charge < -0.3 is 20.0 Å². The Kier molecular flexibility index (Phi) is 6.28. The monoisotopic (exact) mass is 404 g/mol. The standard InChI is InChI=1S/C23H25N4OP/c28-23(25-20-10-4-1-5-11-20)24-16-19-29-26(21-12-6-2-7-13-21)17-18-27(29)22-14-8-3-9-15-22/h1-15H,16-19H2,(H2,24,25,28). The number of amides is 2. The van der Waals surface area contributed by atoms with E-state index in [0.29, 0.717) is 6.54 Å². The molecular formula is C23H25N4OP. The number of hydrogen-bond donors (Lipinski definition) is 2. The highest BCUT2D eigenvalue weighted by molar-refractivity contribution is 7.61. The first-order valence-corrected chi connectivity index (χ1v) is 11.3. The Labute approximate surface area is 173 Å². The van der Waals surface area contributed by atoms with E-state index >= 15 is 0 Å². The summed E-state index contributed by atoms with van der Waals surface area (Å²) in [5.41, 5.74) is 3.28. The van der Waals surface area contributed by atoms with Crippen molar-refractivity contribution in [3.8, 4) is 0 Å². The zero-order chi connectivity index (χ0) is 19.9. The molecular weight excluding hydrogens is 379 g/mol. The SMILES string of the molecule is O=C(NCCP1N(c2ccccc2)CCN1c1ccccc1)Nc1ccccc1. The largest absolute Gasteiger partial charge is 0.337 e. The lowest BCUT2D eigenvalue weighted by Crippen LogP contribution is -2.32. The zero-order valence-corrected chi connectivity index (χ0v) is 17.1. The number of benzene rings is 3. The Balaban J connectivity index is 1.42. The summed E-state index contributed by atoms with van der Waals surface area (Å²) in [7, 11) is -0.590. The summed E-state index contributed by atoms with van der Waals surface area (Å²) < 4.78 is 4.97. The lowest BCUT2D eigenvalue weighted by Gasteiger charge is -2.32. The molecule has 3 aromatic carbocycles. The summed E-state index contributed by atoms with van der Waals surface area (Å²) in [6.45, 7) is 2.60. The van der Waals surface area contributed by atoms with Crippen LogP contribution in [0.3, 0.4) is 0 Å². The summed E-state index contributed by atoms with van der Waals surface area (Å²) in [5, 5.41) is 5.90. The van der Waals surface area contributed by atoms with Crippen LogP contribution in [0.5, 0.6) is 0 Å². The minimum atomic E-state index is -0.590. The van der Waals surface area contributed by atoms with E-state index in [9.17, 15) is 4.79 Å². The molecule has 1 saturated heterocycles. The summed E-state index contributed by atoms with van der Waals surface area (Å²) in [4.78, 5) is 12.2. The normalized spacial score (nSPS) is 14.1. The van der Waals surface area contributed by atoms with E-state index in [1.165, 1.54) is 11.4 Å². The van der Waals surface area contributed by atoms with E-state index in [2.05, 4.69) is 68.5 Å². The van der Waals surface area contributed by atoms with E-state index in [4.69, 9.17) is 0 Å². The van der Waals surface area contributed by atoms with Gasteiger partial charge in [0.25, 0.3) is 0 Å². The molecule has 0 spiro atoms. The van der Waals surface area contributed by atoms with Crippen LogP contribution >= 0.6 is 8.22 Å². The van der Waals surface area contributed by atoms with Gasteiger partial charge in [-0.15, -0.1) is 0 Å². The third-order valence-corrected chi connectivity index (χ3v) is 7.42. The second kappa shape index (κ2) is 9.44. The second-order valence-corrected chi connectivity index (χ2v) is 8.92. The molecule has 0 bridgehead atoms. The molecule has 0 radical (unpaired) electrons. The topological polar surface area (TPSA) is 47.6 Å². The fourth-order valence-corrected chi connectivity index (χ4v) is 5.98. The summed E-state index contributed by atoms with van der Waals surface area (Å²) in [6, 6.07) is 30.4. The number of para-hydroxylation sites is 3. The van der Waals surface area contributed by atoms with Crippen molar-refractivity contribution >= 4 is 31.3 Å². The van der Waals surface area contributed by atoms with E-state index < -0.39 is 8.22 Å². The van der Waals surface area contributed by atoms with Crippen molar-refractivity contribution < 1.29 is 4.79 Å². The van der Waals surface area contributed by atoms with Crippen LogP contribution in [0.1, 0.15) is 0 Å². The molecule has 0 unspecified atom stereocenters. The molecule has 3 aromatic rings. The maximum Gasteiger partial charge on any atom is 0.319 e. The lowest BCUT2D eigenvalue weighted by atomic mass is 10.3. The number of nitrogens with one attached hydrogen (secondary N) is 2. The van der Waals surface area contributed by atoms with Gasteiger partial charge in [-0.25, -0.2) is 4.79 Å². The molecule has 6 heteroatoms. The number of hydrogen-bond acceptors (Lipinski definition) is 3. The van der Waals surface area contributed by atoms with Crippen LogP contribution in [-0.2, 0) is 0 Å². The molecule has 2 amide bonds. The highest BCUT2D eigenvalue weighted by Crippen LogP contribution is 2.52. The molecule has 1 heterocycles. The van der Waals surface area contributed by atoms with Gasteiger partial charge in [0, 0.05) is 42.9 Å². The molecule has 148 valence electrons. The van der Waals surface area contributed by atoms with Crippen LogP contribution in [0.4, 0.5) is 21.9 Å². The number of anilines is 3. The minimum Gasteiger partial charge on any atom is -0.337 e. The lowest BCUT2D eigenvalue weighted by molar-refractivity contribution is 0.252. The van der Waals surface area contributed by atoms with Crippen LogP contribution < -0.4 is 20.0 Å². The van der Waals surface area contributed by atoms with Gasteiger partial charge >= 0.3 is 6.03 Å². The molecule has 0 aromatic heterocycles. The van der Waals surface area contributed by atoms with Crippen molar-refractivity contribution in [2.24, 2.45) is 0 Å². The van der Waals surface area contributed by atoms with E-state index in [1.807, 2.05) is 42.5 Å². The first kappa shape index (κ1) is 19.3. The van der Waals surface area contributed by atoms with Crippen LogP contribution in [0.25, 0.3) is 0 Å². The fourth-order valence-electron chi connectivity index (χ4n) is 3.48. The van der Waals surface area contributed by atoms with Gasteiger partial charge in [0.05, 0.1) is 8.22 Å². The quantitative estimate of drug-likeness (QED) is 0.559. The van der Waals surface area contributed by atoms with Gasteiger partial charge in [0.15, 0.2) is 0 Å². The van der Waals surface area contributed by atoms with Gasteiger partial charge in [-0.05, 0) is 36.4 Å².